The van der Waals surface area contributed by atoms with E-state index in [4.69, 9.17) is 23.2 Å². The monoisotopic (exact) mass is 362 g/mol. The number of hydrogen-bond acceptors (Lipinski definition) is 2. The highest BCUT2D eigenvalue weighted by molar-refractivity contribution is 9.10. The summed E-state index contributed by atoms with van der Waals surface area (Å²) < 4.78 is 2.47. The summed E-state index contributed by atoms with van der Waals surface area (Å²) in [6.45, 7) is 2.76. The molecule has 0 saturated carbocycles. The molecule has 0 aliphatic rings. The minimum Gasteiger partial charge on any atom is -0.382 e. The Balaban J connectivity index is 2.43. The molecule has 1 N–H and O–H groups in total. The van der Waals surface area contributed by atoms with Crippen LogP contribution in [0.1, 0.15) is 30.7 Å². The third-order valence-electron chi connectivity index (χ3n) is 2.78. The molecule has 1 aromatic carbocycles. The van der Waals surface area contributed by atoms with E-state index in [9.17, 15) is 5.11 Å². The number of benzene rings is 1. The smallest absolute Gasteiger partial charge is 0.123 e. The van der Waals surface area contributed by atoms with E-state index < -0.39 is 6.10 Å². The molecule has 1 heterocycles. The van der Waals surface area contributed by atoms with Crippen molar-refractivity contribution in [3.8, 4) is 0 Å². The van der Waals surface area contributed by atoms with Gasteiger partial charge in [0.05, 0.1) is 16.9 Å². The van der Waals surface area contributed by atoms with Crippen LogP contribution in [0.2, 0.25) is 10.0 Å². The first-order valence-electron chi connectivity index (χ1n) is 5.88. The largest absolute Gasteiger partial charge is 0.382 e. The normalized spacial score (nSPS) is 12.7. The average molecular weight is 364 g/mol. The van der Waals surface area contributed by atoms with Crippen LogP contribution in [0.5, 0.6) is 0 Å². The van der Waals surface area contributed by atoms with E-state index in [0.717, 1.165) is 10.9 Å². The van der Waals surface area contributed by atoms with Gasteiger partial charge in [0.15, 0.2) is 0 Å². The van der Waals surface area contributed by atoms with E-state index in [0.29, 0.717) is 27.8 Å². The maximum absolute atomic E-state index is 10.5. The molecule has 0 aliphatic carbocycles. The van der Waals surface area contributed by atoms with Crippen LogP contribution in [0.15, 0.2) is 28.9 Å². The molecule has 0 saturated heterocycles. The van der Waals surface area contributed by atoms with Crippen LogP contribution >= 0.6 is 39.1 Å². The highest BCUT2D eigenvalue weighted by atomic mass is 79.9. The zero-order chi connectivity index (χ0) is 14.0. The van der Waals surface area contributed by atoms with Crippen molar-refractivity contribution < 1.29 is 5.11 Å². The summed E-state index contributed by atoms with van der Waals surface area (Å²) in [7, 11) is 0. The molecular weight excluding hydrogens is 351 g/mol. The van der Waals surface area contributed by atoms with Gasteiger partial charge in [-0.15, -0.1) is 0 Å². The molecule has 6 heteroatoms. The van der Waals surface area contributed by atoms with Gasteiger partial charge in [0.1, 0.15) is 6.10 Å². The Morgan fingerprint density at radius 2 is 2.16 bits per heavy atom. The van der Waals surface area contributed by atoms with Gasteiger partial charge in [0.2, 0.25) is 0 Å². The van der Waals surface area contributed by atoms with Crippen LogP contribution in [0.4, 0.5) is 0 Å². The van der Waals surface area contributed by atoms with Gasteiger partial charge >= 0.3 is 0 Å². The molecule has 2 aromatic rings. The fourth-order valence-corrected chi connectivity index (χ4v) is 3.05. The third-order valence-corrected chi connectivity index (χ3v) is 4.00. The second-order valence-corrected chi connectivity index (χ2v) is 5.87. The molecule has 0 fully saturated rings. The van der Waals surface area contributed by atoms with Gasteiger partial charge in [-0.2, -0.15) is 5.10 Å². The summed E-state index contributed by atoms with van der Waals surface area (Å²) in [6.07, 6.45) is 1.63. The number of aromatic nitrogens is 2. The molecule has 19 heavy (non-hydrogen) atoms. The Kier molecular flexibility index (Phi) is 4.90. The van der Waals surface area contributed by atoms with Crippen LogP contribution in [-0.2, 0) is 6.54 Å². The molecule has 0 radical (unpaired) electrons. The second kappa shape index (κ2) is 6.27. The maximum Gasteiger partial charge on any atom is 0.123 e. The summed E-state index contributed by atoms with van der Waals surface area (Å²) in [5, 5.41) is 15.8. The lowest BCUT2D eigenvalue weighted by Crippen LogP contribution is -2.11. The third kappa shape index (κ3) is 3.14. The fraction of sp³-hybridized carbons (Fsp3) is 0.308. The predicted molar refractivity (Wildman–Crippen MR) is 80.7 cm³/mol. The molecule has 1 aromatic heterocycles. The highest BCUT2D eigenvalue weighted by Crippen LogP contribution is 2.33. The number of nitrogens with zero attached hydrogens (tertiary/aromatic N) is 2. The average Bonchev–Trinajstić information content (AvgIpc) is 2.70. The van der Waals surface area contributed by atoms with Gasteiger partial charge in [0.25, 0.3) is 0 Å². The number of rotatable bonds is 4. The Morgan fingerprint density at radius 3 is 2.79 bits per heavy atom. The Hall–Kier alpha value is -0.550. The van der Waals surface area contributed by atoms with Crippen molar-refractivity contribution in [2.24, 2.45) is 0 Å². The molecule has 0 amide bonds. The van der Waals surface area contributed by atoms with E-state index in [1.54, 1.807) is 29.1 Å². The minimum absolute atomic E-state index is 0.461. The zero-order valence-corrected chi connectivity index (χ0v) is 13.4. The number of aliphatic hydroxyl groups is 1. The van der Waals surface area contributed by atoms with Crippen molar-refractivity contribution in [2.75, 3.05) is 0 Å². The SMILES string of the molecule is CCCn1ncc(Cl)c1C(O)c1ccc(Cl)cc1Br. The van der Waals surface area contributed by atoms with Gasteiger partial charge in [-0.3, -0.25) is 4.68 Å². The molecule has 1 unspecified atom stereocenters. The number of hydrogen-bond donors (Lipinski definition) is 1. The van der Waals surface area contributed by atoms with Gasteiger partial charge < -0.3 is 5.11 Å². The lowest BCUT2D eigenvalue weighted by atomic mass is 10.1. The van der Waals surface area contributed by atoms with E-state index >= 15 is 0 Å². The first kappa shape index (κ1) is 14.9. The second-order valence-electron chi connectivity index (χ2n) is 4.17. The Morgan fingerprint density at radius 1 is 1.42 bits per heavy atom. The standard InChI is InChI=1S/C13H13BrCl2N2O/c1-2-5-18-12(11(16)7-17-18)13(19)9-4-3-8(15)6-10(9)14/h3-4,6-7,13,19H,2,5H2,1H3. The van der Waals surface area contributed by atoms with Crippen LogP contribution < -0.4 is 0 Å². The Labute approximate surface area is 130 Å². The van der Waals surface area contributed by atoms with E-state index in [2.05, 4.69) is 21.0 Å². The van der Waals surface area contributed by atoms with Crippen LogP contribution in [-0.4, -0.2) is 14.9 Å². The summed E-state index contributed by atoms with van der Waals surface area (Å²) in [5.74, 6) is 0. The number of aryl methyl sites for hydroxylation is 1. The first-order valence-corrected chi connectivity index (χ1v) is 7.43. The zero-order valence-electron chi connectivity index (χ0n) is 10.3. The van der Waals surface area contributed by atoms with Gasteiger partial charge in [-0.1, -0.05) is 52.1 Å². The minimum atomic E-state index is -0.840. The molecule has 3 nitrogen and oxygen atoms in total. The molecule has 102 valence electrons. The molecule has 0 spiro atoms. The number of halogens is 3. The van der Waals surface area contributed by atoms with Crippen molar-refractivity contribution in [1.29, 1.82) is 0 Å². The number of aliphatic hydroxyl groups excluding tert-OH is 1. The molecule has 0 bridgehead atoms. The van der Waals surface area contributed by atoms with Crippen molar-refractivity contribution in [2.45, 2.75) is 26.0 Å². The topological polar surface area (TPSA) is 38.0 Å². The summed E-state index contributed by atoms with van der Waals surface area (Å²) >= 11 is 15.4. The Bertz CT molecular complexity index is 586. The van der Waals surface area contributed by atoms with Crippen molar-refractivity contribution in [1.82, 2.24) is 9.78 Å². The summed E-state index contributed by atoms with van der Waals surface area (Å²) in [6, 6.07) is 5.25. The van der Waals surface area contributed by atoms with Crippen LogP contribution in [0, 0.1) is 0 Å². The van der Waals surface area contributed by atoms with E-state index in [-0.39, 0.29) is 0 Å². The van der Waals surface area contributed by atoms with Crippen LogP contribution in [0.3, 0.4) is 0 Å². The molecular formula is C13H13BrCl2N2O. The van der Waals surface area contributed by atoms with Crippen molar-refractivity contribution >= 4 is 39.1 Å². The van der Waals surface area contributed by atoms with Gasteiger partial charge in [-0.05, 0) is 18.6 Å². The molecule has 0 aliphatic heterocycles. The van der Waals surface area contributed by atoms with Gasteiger partial charge in [0, 0.05) is 21.6 Å². The lowest BCUT2D eigenvalue weighted by molar-refractivity contribution is 0.206. The van der Waals surface area contributed by atoms with E-state index in [1.165, 1.54) is 0 Å². The van der Waals surface area contributed by atoms with E-state index in [1.807, 2.05) is 6.92 Å². The maximum atomic E-state index is 10.5. The summed E-state index contributed by atoms with van der Waals surface area (Å²) in [4.78, 5) is 0. The predicted octanol–water partition coefficient (Wildman–Crippen LogP) is 4.44. The van der Waals surface area contributed by atoms with Crippen LogP contribution in [0.25, 0.3) is 0 Å². The van der Waals surface area contributed by atoms with Crippen molar-refractivity contribution in [3.05, 3.63) is 50.2 Å². The summed E-state index contributed by atoms with van der Waals surface area (Å²) in [5.41, 5.74) is 1.32. The first-order chi connectivity index (χ1) is 9.04. The molecule has 2 rings (SSSR count). The van der Waals surface area contributed by atoms with Gasteiger partial charge in [-0.25, -0.2) is 0 Å². The van der Waals surface area contributed by atoms with Crippen molar-refractivity contribution in [3.63, 3.8) is 0 Å². The highest BCUT2D eigenvalue weighted by Gasteiger charge is 2.21. The fourth-order valence-electron chi connectivity index (χ4n) is 1.90. The quantitative estimate of drug-likeness (QED) is 0.871. The lowest BCUT2D eigenvalue weighted by Gasteiger charge is -2.15. The molecule has 1 atom stereocenters.